The van der Waals surface area contributed by atoms with Crippen LogP contribution in [0.3, 0.4) is 0 Å². The number of carbonyl (C=O) groups excluding carboxylic acids is 1. The standard InChI is InChI=1S/C16H16BrN3O/c1-20-10-11(9-18-20)5-8-16(21)19-15-7-6-12-13(15)3-2-4-14(12)17/h2-5,8-10,15H,6-7H2,1H3,(H,19,21). The van der Waals surface area contributed by atoms with Gasteiger partial charge in [0, 0.05) is 29.4 Å². The van der Waals surface area contributed by atoms with Gasteiger partial charge in [0.1, 0.15) is 0 Å². The fourth-order valence-corrected chi connectivity index (χ4v) is 3.26. The first kappa shape index (κ1) is 14.1. The van der Waals surface area contributed by atoms with Crippen molar-refractivity contribution in [2.24, 2.45) is 7.05 Å². The minimum atomic E-state index is -0.0725. The number of nitrogens with one attached hydrogen (secondary N) is 1. The van der Waals surface area contributed by atoms with Gasteiger partial charge in [-0.3, -0.25) is 9.48 Å². The molecule has 1 atom stereocenters. The molecule has 1 aromatic heterocycles. The van der Waals surface area contributed by atoms with Crippen molar-refractivity contribution < 1.29 is 4.79 Å². The number of amides is 1. The van der Waals surface area contributed by atoms with E-state index in [4.69, 9.17) is 0 Å². The van der Waals surface area contributed by atoms with E-state index in [1.807, 2.05) is 25.4 Å². The average Bonchev–Trinajstić information content (AvgIpc) is 3.05. The van der Waals surface area contributed by atoms with Gasteiger partial charge in [0.05, 0.1) is 12.2 Å². The number of hydrogen-bond donors (Lipinski definition) is 1. The van der Waals surface area contributed by atoms with E-state index in [1.54, 1.807) is 23.0 Å². The molecule has 1 aliphatic carbocycles. The topological polar surface area (TPSA) is 46.9 Å². The van der Waals surface area contributed by atoms with Crippen molar-refractivity contribution in [1.82, 2.24) is 15.1 Å². The lowest BCUT2D eigenvalue weighted by atomic mass is 10.1. The Morgan fingerprint density at radius 3 is 3.14 bits per heavy atom. The van der Waals surface area contributed by atoms with Gasteiger partial charge >= 0.3 is 0 Å². The van der Waals surface area contributed by atoms with Crippen molar-refractivity contribution >= 4 is 27.9 Å². The Bertz CT molecular complexity index is 705. The third-order valence-electron chi connectivity index (χ3n) is 3.68. The highest BCUT2D eigenvalue weighted by Crippen LogP contribution is 2.35. The smallest absolute Gasteiger partial charge is 0.244 e. The summed E-state index contributed by atoms with van der Waals surface area (Å²) < 4.78 is 2.84. The first-order valence-corrected chi connectivity index (χ1v) is 7.67. The highest BCUT2D eigenvalue weighted by molar-refractivity contribution is 9.10. The van der Waals surface area contributed by atoms with Crippen LogP contribution in [0.2, 0.25) is 0 Å². The maximum atomic E-state index is 12.0. The summed E-state index contributed by atoms with van der Waals surface area (Å²) in [6.07, 6.45) is 8.88. The molecule has 2 aromatic rings. The van der Waals surface area contributed by atoms with E-state index in [9.17, 15) is 4.79 Å². The highest BCUT2D eigenvalue weighted by Gasteiger charge is 2.24. The van der Waals surface area contributed by atoms with Gasteiger partial charge in [-0.25, -0.2) is 0 Å². The molecule has 108 valence electrons. The first-order valence-electron chi connectivity index (χ1n) is 6.88. The Kier molecular flexibility index (Phi) is 3.92. The molecule has 0 aliphatic heterocycles. The number of rotatable bonds is 3. The van der Waals surface area contributed by atoms with Crippen LogP contribution in [0.25, 0.3) is 6.08 Å². The number of hydrogen-bond acceptors (Lipinski definition) is 2. The van der Waals surface area contributed by atoms with E-state index in [1.165, 1.54) is 11.1 Å². The van der Waals surface area contributed by atoms with E-state index < -0.39 is 0 Å². The molecule has 0 spiro atoms. The van der Waals surface area contributed by atoms with Crippen LogP contribution in [-0.4, -0.2) is 15.7 Å². The van der Waals surface area contributed by atoms with Crippen molar-refractivity contribution in [3.8, 4) is 0 Å². The van der Waals surface area contributed by atoms with Crippen LogP contribution in [0.5, 0.6) is 0 Å². The van der Waals surface area contributed by atoms with Crippen LogP contribution >= 0.6 is 15.9 Å². The third-order valence-corrected chi connectivity index (χ3v) is 4.42. The molecule has 1 aromatic carbocycles. The minimum absolute atomic E-state index is 0.0725. The second-order valence-corrected chi connectivity index (χ2v) is 6.04. The van der Waals surface area contributed by atoms with Crippen LogP contribution in [0.4, 0.5) is 0 Å². The molecule has 1 heterocycles. The van der Waals surface area contributed by atoms with Crippen LogP contribution in [0.15, 0.2) is 41.1 Å². The zero-order valence-corrected chi connectivity index (χ0v) is 13.3. The summed E-state index contributed by atoms with van der Waals surface area (Å²) in [5.74, 6) is -0.0725. The normalized spacial score (nSPS) is 17.1. The molecule has 0 bridgehead atoms. The van der Waals surface area contributed by atoms with Gasteiger partial charge in [-0.15, -0.1) is 0 Å². The Balaban J connectivity index is 1.67. The number of carbonyl (C=O) groups is 1. The maximum absolute atomic E-state index is 12.0. The molecule has 0 saturated carbocycles. The second kappa shape index (κ2) is 5.85. The molecule has 0 fully saturated rings. The van der Waals surface area contributed by atoms with Crippen LogP contribution in [0, 0.1) is 0 Å². The molecule has 0 radical (unpaired) electrons. The Morgan fingerprint density at radius 1 is 1.52 bits per heavy atom. The zero-order chi connectivity index (χ0) is 14.8. The molecule has 0 saturated heterocycles. The summed E-state index contributed by atoms with van der Waals surface area (Å²) >= 11 is 3.57. The van der Waals surface area contributed by atoms with Crippen molar-refractivity contribution in [2.45, 2.75) is 18.9 Å². The predicted molar refractivity (Wildman–Crippen MR) is 85.6 cm³/mol. The van der Waals surface area contributed by atoms with Gasteiger partial charge < -0.3 is 5.32 Å². The van der Waals surface area contributed by atoms with Crippen molar-refractivity contribution in [3.05, 3.63) is 57.8 Å². The van der Waals surface area contributed by atoms with Crippen molar-refractivity contribution in [3.63, 3.8) is 0 Å². The SMILES string of the molecule is Cn1cc(C=CC(=O)NC2CCc3c(Br)cccc32)cn1. The average molecular weight is 346 g/mol. The molecule has 5 heteroatoms. The van der Waals surface area contributed by atoms with E-state index >= 15 is 0 Å². The summed E-state index contributed by atoms with van der Waals surface area (Å²) in [5, 5.41) is 7.13. The summed E-state index contributed by atoms with van der Waals surface area (Å²) in [7, 11) is 1.85. The van der Waals surface area contributed by atoms with Crippen LogP contribution < -0.4 is 5.32 Å². The number of aryl methyl sites for hydroxylation is 1. The van der Waals surface area contributed by atoms with Gasteiger partial charge in [0.15, 0.2) is 0 Å². The summed E-state index contributed by atoms with van der Waals surface area (Å²) in [6, 6.07) is 6.25. The van der Waals surface area contributed by atoms with Crippen molar-refractivity contribution in [1.29, 1.82) is 0 Å². The van der Waals surface area contributed by atoms with Gasteiger partial charge in [0.25, 0.3) is 0 Å². The molecule has 1 unspecified atom stereocenters. The molecule has 1 N–H and O–H groups in total. The quantitative estimate of drug-likeness (QED) is 0.869. The third kappa shape index (κ3) is 3.08. The number of aromatic nitrogens is 2. The van der Waals surface area contributed by atoms with Gasteiger partial charge in [0.2, 0.25) is 5.91 Å². The second-order valence-electron chi connectivity index (χ2n) is 5.19. The minimum Gasteiger partial charge on any atom is -0.346 e. The summed E-state index contributed by atoms with van der Waals surface area (Å²) in [6.45, 7) is 0. The van der Waals surface area contributed by atoms with Crippen LogP contribution in [0.1, 0.15) is 29.2 Å². The molecule has 21 heavy (non-hydrogen) atoms. The molecular weight excluding hydrogens is 330 g/mol. The molecule has 4 nitrogen and oxygen atoms in total. The summed E-state index contributed by atoms with van der Waals surface area (Å²) in [4.78, 5) is 12.0. The lowest BCUT2D eigenvalue weighted by Crippen LogP contribution is -2.25. The van der Waals surface area contributed by atoms with E-state index in [2.05, 4.69) is 32.4 Å². The van der Waals surface area contributed by atoms with Crippen LogP contribution in [-0.2, 0) is 18.3 Å². The van der Waals surface area contributed by atoms with Gasteiger partial charge in [-0.2, -0.15) is 5.10 Å². The molecular formula is C16H16BrN3O. The van der Waals surface area contributed by atoms with E-state index in [0.29, 0.717) is 0 Å². The number of fused-ring (bicyclic) bond motifs is 1. The number of nitrogens with zero attached hydrogens (tertiary/aromatic N) is 2. The lowest BCUT2D eigenvalue weighted by Gasteiger charge is -2.12. The number of halogens is 1. The van der Waals surface area contributed by atoms with Gasteiger partial charge in [-0.05, 0) is 36.1 Å². The zero-order valence-electron chi connectivity index (χ0n) is 11.7. The molecule has 1 amide bonds. The highest BCUT2D eigenvalue weighted by atomic mass is 79.9. The summed E-state index contributed by atoms with van der Waals surface area (Å²) in [5.41, 5.74) is 3.44. The predicted octanol–water partition coefficient (Wildman–Crippen LogP) is 3.00. The lowest BCUT2D eigenvalue weighted by molar-refractivity contribution is -0.117. The first-order chi connectivity index (χ1) is 10.1. The van der Waals surface area contributed by atoms with E-state index in [-0.39, 0.29) is 11.9 Å². The molecule has 3 rings (SSSR count). The maximum Gasteiger partial charge on any atom is 0.244 e. The monoisotopic (exact) mass is 345 g/mol. The largest absolute Gasteiger partial charge is 0.346 e. The fourth-order valence-electron chi connectivity index (χ4n) is 2.68. The Labute approximate surface area is 132 Å². The van der Waals surface area contributed by atoms with Gasteiger partial charge in [-0.1, -0.05) is 28.1 Å². The Hall–Kier alpha value is -1.88. The fraction of sp³-hybridized carbons (Fsp3) is 0.250. The Morgan fingerprint density at radius 2 is 2.38 bits per heavy atom. The number of benzene rings is 1. The van der Waals surface area contributed by atoms with E-state index in [0.717, 1.165) is 22.9 Å². The molecule has 1 aliphatic rings. The van der Waals surface area contributed by atoms with Crippen molar-refractivity contribution in [2.75, 3.05) is 0 Å².